The number of hydrogen-bond donors (Lipinski definition) is 1. The van der Waals surface area contributed by atoms with E-state index in [1.165, 1.54) is 12.8 Å². The minimum absolute atomic E-state index is 0.277. The molecule has 0 aromatic rings. The van der Waals surface area contributed by atoms with E-state index in [4.69, 9.17) is 9.84 Å². The number of fused-ring (bicyclic) bond motifs is 2. The summed E-state index contributed by atoms with van der Waals surface area (Å²) in [7, 11) is 0. The van der Waals surface area contributed by atoms with E-state index >= 15 is 0 Å². The fourth-order valence-corrected chi connectivity index (χ4v) is 2.02. The quantitative estimate of drug-likeness (QED) is 0.696. The lowest BCUT2D eigenvalue weighted by Gasteiger charge is -2.31. The molecule has 78 valence electrons. The van der Waals surface area contributed by atoms with Crippen LogP contribution in [-0.2, 0) is 4.74 Å². The zero-order chi connectivity index (χ0) is 9.68. The molecule has 2 saturated heterocycles. The Morgan fingerprint density at radius 3 is 2.23 bits per heavy atom. The second-order valence-electron chi connectivity index (χ2n) is 3.44. The van der Waals surface area contributed by atoms with E-state index in [1.807, 2.05) is 13.8 Å². The molecule has 2 rings (SSSR count). The molecule has 2 heterocycles. The van der Waals surface area contributed by atoms with E-state index in [9.17, 15) is 0 Å². The second-order valence-corrected chi connectivity index (χ2v) is 3.44. The monoisotopic (exact) mass is 187 g/mol. The molecular weight excluding hydrogens is 166 g/mol. The average Bonchev–Trinajstić information content (AvgIpc) is 2.50. The summed E-state index contributed by atoms with van der Waals surface area (Å²) in [4.78, 5) is 2.30. The smallest absolute Gasteiger partial charge is 0.0707 e. The molecule has 2 aliphatic rings. The highest BCUT2D eigenvalue weighted by atomic mass is 16.5. The van der Waals surface area contributed by atoms with Crippen LogP contribution in [-0.4, -0.2) is 48.5 Å². The molecule has 0 saturated carbocycles. The predicted molar refractivity (Wildman–Crippen MR) is 52.8 cm³/mol. The van der Waals surface area contributed by atoms with Crippen molar-refractivity contribution in [2.45, 2.75) is 38.9 Å². The number of aliphatic hydroxyl groups excluding tert-OH is 1. The Bertz CT molecular complexity index is 129. The molecule has 0 amide bonds. The molecule has 1 N–H and O–H groups in total. The Balaban J connectivity index is 0.000000396. The number of ether oxygens (including phenoxy) is 1. The third-order valence-corrected chi connectivity index (χ3v) is 2.54. The Morgan fingerprint density at radius 2 is 1.77 bits per heavy atom. The van der Waals surface area contributed by atoms with Crippen LogP contribution in [0.1, 0.15) is 26.7 Å². The summed E-state index contributed by atoms with van der Waals surface area (Å²) in [6.45, 7) is 7.14. The van der Waals surface area contributed by atoms with E-state index in [1.54, 1.807) is 0 Å². The van der Waals surface area contributed by atoms with Crippen molar-refractivity contribution in [2.24, 2.45) is 0 Å². The number of hydrogen-bond acceptors (Lipinski definition) is 3. The first-order valence-electron chi connectivity index (χ1n) is 5.37. The first-order valence-corrected chi connectivity index (χ1v) is 5.37. The van der Waals surface area contributed by atoms with Gasteiger partial charge in [0.2, 0.25) is 0 Å². The SMILES string of the molecule is CC.OCCN1CC2CCC(C1)O2. The van der Waals surface area contributed by atoms with E-state index in [0.717, 1.165) is 19.6 Å². The van der Waals surface area contributed by atoms with Crippen molar-refractivity contribution in [1.29, 1.82) is 0 Å². The Morgan fingerprint density at radius 1 is 1.23 bits per heavy atom. The van der Waals surface area contributed by atoms with Gasteiger partial charge in [0, 0.05) is 19.6 Å². The fourth-order valence-electron chi connectivity index (χ4n) is 2.02. The van der Waals surface area contributed by atoms with E-state index < -0.39 is 0 Å². The molecule has 0 aliphatic carbocycles. The van der Waals surface area contributed by atoms with E-state index in [0.29, 0.717) is 12.2 Å². The van der Waals surface area contributed by atoms with Gasteiger partial charge in [-0.2, -0.15) is 0 Å². The normalized spacial score (nSPS) is 32.5. The summed E-state index contributed by atoms with van der Waals surface area (Å²) in [6.07, 6.45) is 3.35. The van der Waals surface area contributed by atoms with Crippen molar-refractivity contribution in [3.63, 3.8) is 0 Å². The Labute approximate surface area is 80.7 Å². The van der Waals surface area contributed by atoms with Crippen LogP contribution < -0.4 is 0 Å². The maximum absolute atomic E-state index is 8.73. The number of rotatable bonds is 2. The molecule has 0 radical (unpaired) electrons. The molecular formula is C10H21NO2. The van der Waals surface area contributed by atoms with Crippen LogP contribution in [0.3, 0.4) is 0 Å². The maximum Gasteiger partial charge on any atom is 0.0707 e. The highest BCUT2D eigenvalue weighted by Gasteiger charge is 2.32. The zero-order valence-corrected chi connectivity index (χ0v) is 8.70. The predicted octanol–water partition coefficient (Wildman–Crippen LogP) is 0.868. The van der Waals surface area contributed by atoms with Gasteiger partial charge in [0.15, 0.2) is 0 Å². The number of likely N-dealkylation sites (tertiary alicyclic amines) is 1. The van der Waals surface area contributed by atoms with Gasteiger partial charge in [-0.25, -0.2) is 0 Å². The van der Waals surface area contributed by atoms with E-state index in [2.05, 4.69) is 4.90 Å². The van der Waals surface area contributed by atoms with Gasteiger partial charge in [-0.1, -0.05) is 13.8 Å². The largest absolute Gasteiger partial charge is 0.395 e. The van der Waals surface area contributed by atoms with Crippen molar-refractivity contribution in [3.05, 3.63) is 0 Å². The number of aliphatic hydroxyl groups is 1. The summed E-state index contributed by atoms with van der Waals surface area (Å²) in [6, 6.07) is 0. The molecule has 13 heavy (non-hydrogen) atoms. The fraction of sp³-hybridized carbons (Fsp3) is 1.00. The topological polar surface area (TPSA) is 32.7 Å². The molecule has 3 nitrogen and oxygen atoms in total. The summed E-state index contributed by atoms with van der Waals surface area (Å²) in [5.74, 6) is 0. The van der Waals surface area contributed by atoms with Gasteiger partial charge in [0.25, 0.3) is 0 Å². The van der Waals surface area contributed by atoms with Gasteiger partial charge in [-0.3, -0.25) is 4.90 Å². The minimum atomic E-state index is 0.277. The number of β-amino-alcohol motifs (C(OH)–C–C–N with tert-alkyl or cyclic N) is 1. The van der Waals surface area contributed by atoms with Gasteiger partial charge in [-0.15, -0.1) is 0 Å². The number of nitrogens with zero attached hydrogens (tertiary/aromatic N) is 1. The van der Waals surface area contributed by atoms with Crippen molar-refractivity contribution >= 4 is 0 Å². The average molecular weight is 187 g/mol. The van der Waals surface area contributed by atoms with Crippen LogP contribution in [0, 0.1) is 0 Å². The van der Waals surface area contributed by atoms with Crippen LogP contribution in [0.5, 0.6) is 0 Å². The molecule has 3 heteroatoms. The third kappa shape index (κ3) is 2.93. The molecule has 2 bridgehead atoms. The standard InChI is InChI=1S/C8H15NO2.C2H6/c10-4-3-9-5-7-1-2-8(6-9)11-7;1-2/h7-8,10H,1-6H2;1-2H3. The molecule has 2 aliphatic heterocycles. The van der Waals surface area contributed by atoms with Gasteiger partial charge < -0.3 is 9.84 Å². The Hall–Kier alpha value is -0.120. The van der Waals surface area contributed by atoms with Crippen LogP contribution in [0.25, 0.3) is 0 Å². The van der Waals surface area contributed by atoms with Gasteiger partial charge >= 0.3 is 0 Å². The molecule has 0 aromatic heterocycles. The van der Waals surface area contributed by atoms with Gasteiger partial charge in [0.05, 0.1) is 18.8 Å². The first-order chi connectivity index (χ1) is 6.38. The van der Waals surface area contributed by atoms with Crippen LogP contribution in [0.2, 0.25) is 0 Å². The summed E-state index contributed by atoms with van der Waals surface area (Å²) in [5, 5.41) is 8.73. The summed E-state index contributed by atoms with van der Waals surface area (Å²) >= 11 is 0. The van der Waals surface area contributed by atoms with Crippen molar-refractivity contribution in [2.75, 3.05) is 26.2 Å². The van der Waals surface area contributed by atoms with Crippen LogP contribution in [0.4, 0.5) is 0 Å². The molecule has 0 spiro atoms. The highest BCUT2D eigenvalue weighted by molar-refractivity contribution is 4.84. The molecule has 0 aromatic carbocycles. The van der Waals surface area contributed by atoms with E-state index in [-0.39, 0.29) is 6.61 Å². The van der Waals surface area contributed by atoms with Crippen molar-refractivity contribution < 1.29 is 9.84 Å². The zero-order valence-electron chi connectivity index (χ0n) is 8.70. The lowest BCUT2D eigenvalue weighted by Crippen LogP contribution is -2.43. The highest BCUT2D eigenvalue weighted by Crippen LogP contribution is 2.25. The summed E-state index contributed by atoms with van der Waals surface area (Å²) in [5.41, 5.74) is 0. The van der Waals surface area contributed by atoms with Crippen molar-refractivity contribution in [3.8, 4) is 0 Å². The number of morpholine rings is 1. The van der Waals surface area contributed by atoms with Gasteiger partial charge in [-0.05, 0) is 12.8 Å². The van der Waals surface area contributed by atoms with Crippen LogP contribution >= 0.6 is 0 Å². The summed E-state index contributed by atoms with van der Waals surface area (Å²) < 4.78 is 5.65. The third-order valence-electron chi connectivity index (χ3n) is 2.54. The first kappa shape index (κ1) is 11.0. The molecule has 2 fully saturated rings. The second kappa shape index (κ2) is 5.58. The van der Waals surface area contributed by atoms with Crippen molar-refractivity contribution in [1.82, 2.24) is 4.90 Å². The lowest BCUT2D eigenvalue weighted by atomic mass is 10.2. The minimum Gasteiger partial charge on any atom is -0.395 e. The Kier molecular flexibility index (Phi) is 4.70. The maximum atomic E-state index is 8.73. The van der Waals surface area contributed by atoms with Crippen LogP contribution in [0.15, 0.2) is 0 Å². The molecule has 2 unspecified atom stereocenters. The lowest BCUT2D eigenvalue weighted by molar-refractivity contribution is -0.0417. The van der Waals surface area contributed by atoms with Gasteiger partial charge in [0.1, 0.15) is 0 Å². The molecule has 2 atom stereocenters.